The van der Waals surface area contributed by atoms with Gasteiger partial charge in [-0.3, -0.25) is 19.7 Å². The minimum absolute atomic E-state index is 0.158. The van der Waals surface area contributed by atoms with Crippen LogP contribution in [-0.4, -0.2) is 27.7 Å². The summed E-state index contributed by atoms with van der Waals surface area (Å²) in [5, 5.41) is 13.0. The lowest BCUT2D eigenvalue weighted by Crippen LogP contribution is -2.26. The highest BCUT2D eigenvalue weighted by Gasteiger charge is 2.69. The Kier molecular flexibility index (Phi) is 4.30. The Balaban J connectivity index is 1.88. The third-order valence-corrected chi connectivity index (χ3v) is 4.48. The number of nitro groups is 1. The highest BCUT2D eigenvalue weighted by Crippen LogP contribution is 2.64. The van der Waals surface area contributed by atoms with Gasteiger partial charge in [0.25, 0.3) is 11.6 Å². The summed E-state index contributed by atoms with van der Waals surface area (Å²) < 4.78 is 3.70. The molecule has 1 atom stereocenters. The maximum Gasteiger partial charge on any atom is 0.315 e. The number of nitro benzene ring substituents is 1. The average Bonchev–Trinajstić information content (AvgIpc) is 2.96. The highest BCUT2D eigenvalue weighted by atomic mass is 35.5. The van der Waals surface area contributed by atoms with Crippen LogP contribution in [0.2, 0.25) is 0 Å². The Morgan fingerprint density at radius 1 is 1.45 bits per heavy atom. The molecule has 0 heterocycles. The van der Waals surface area contributed by atoms with Gasteiger partial charge >= 0.3 is 5.97 Å². The van der Waals surface area contributed by atoms with Crippen LogP contribution in [-0.2, 0) is 14.3 Å². The third-order valence-electron chi connectivity index (χ3n) is 3.38. The summed E-state index contributed by atoms with van der Waals surface area (Å²) in [5.74, 6) is -1.28. The number of carbonyl (C=O) groups is 2. The van der Waals surface area contributed by atoms with E-state index in [1.807, 2.05) is 0 Å². The van der Waals surface area contributed by atoms with Gasteiger partial charge in [-0.25, -0.2) is 0 Å². The molecular weight excluding hydrogens is 335 g/mol. The summed E-state index contributed by atoms with van der Waals surface area (Å²) in [6, 6.07) is 5.41. The first-order valence-electron chi connectivity index (χ1n) is 6.25. The van der Waals surface area contributed by atoms with Crippen molar-refractivity contribution in [2.45, 2.75) is 17.7 Å². The summed E-state index contributed by atoms with van der Waals surface area (Å²) in [7, 11) is 0. The zero-order chi connectivity index (χ0) is 16.5. The first-order chi connectivity index (χ1) is 10.2. The van der Waals surface area contributed by atoms with Gasteiger partial charge in [0.2, 0.25) is 0 Å². The fourth-order valence-corrected chi connectivity index (χ4v) is 2.49. The lowest BCUT2D eigenvalue weighted by Gasteiger charge is -2.11. The molecule has 0 bridgehead atoms. The maximum atomic E-state index is 11.8. The van der Waals surface area contributed by atoms with E-state index in [-0.39, 0.29) is 17.8 Å². The molecule has 1 amide bonds. The van der Waals surface area contributed by atoms with Crippen LogP contribution < -0.4 is 5.32 Å². The van der Waals surface area contributed by atoms with E-state index in [1.165, 1.54) is 24.3 Å². The molecule has 0 aromatic heterocycles. The van der Waals surface area contributed by atoms with Crippen LogP contribution in [0.15, 0.2) is 24.3 Å². The smallest absolute Gasteiger partial charge is 0.315 e. The largest absolute Gasteiger partial charge is 0.455 e. The van der Waals surface area contributed by atoms with E-state index in [2.05, 4.69) is 5.32 Å². The highest BCUT2D eigenvalue weighted by molar-refractivity contribution is 6.53. The molecule has 2 rings (SSSR count). The molecular formula is C13H12Cl2N2O5. The third kappa shape index (κ3) is 3.31. The number of benzene rings is 1. The Labute approximate surface area is 135 Å². The first-order valence-corrected chi connectivity index (χ1v) is 7.01. The molecule has 1 aliphatic rings. The van der Waals surface area contributed by atoms with Crippen molar-refractivity contribution in [3.05, 3.63) is 34.4 Å². The molecule has 0 spiro atoms. The zero-order valence-electron chi connectivity index (χ0n) is 11.5. The topological polar surface area (TPSA) is 98.5 Å². The quantitative estimate of drug-likeness (QED) is 0.382. The van der Waals surface area contributed by atoms with Crippen LogP contribution >= 0.6 is 23.2 Å². The van der Waals surface area contributed by atoms with E-state index >= 15 is 0 Å². The molecule has 1 N–H and O–H groups in total. The molecule has 1 fully saturated rings. The lowest BCUT2D eigenvalue weighted by atomic mass is 10.1. The van der Waals surface area contributed by atoms with Gasteiger partial charge in [-0.15, -0.1) is 23.2 Å². The molecule has 1 aliphatic carbocycles. The Morgan fingerprint density at radius 3 is 2.64 bits per heavy atom. The molecule has 9 heteroatoms. The van der Waals surface area contributed by atoms with Gasteiger partial charge in [-0.2, -0.15) is 0 Å². The van der Waals surface area contributed by atoms with Gasteiger partial charge in [0, 0.05) is 24.2 Å². The van der Waals surface area contributed by atoms with E-state index in [1.54, 1.807) is 6.92 Å². The molecule has 1 aromatic carbocycles. The second-order valence-electron chi connectivity index (χ2n) is 5.15. The number of halogens is 2. The fourth-order valence-electron chi connectivity index (χ4n) is 1.81. The van der Waals surface area contributed by atoms with E-state index in [0.717, 1.165) is 0 Å². The van der Waals surface area contributed by atoms with Gasteiger partial charge in [0.15, 0.2) is 6.61 Å². The number of hydrogen-bond donors (Lipinski definition) is 1. The molecule has 1 saturated carbocycles. The number of non-ortho nitro benzene ring substituents is 1. The van der Waals surface area contributed by atoms with Crippen molar-refractivity contribution in [2.75, 3.05) is 11.9 Å². The number of amides is 1. The number of esters is 1. The van der Waals surface area contributed by atoms with Crippen LogP contribution in [0.3, 0.4) is 0 Å². The molecule has 0 radical (unpaired) electrons. The van der Waals surface area contributed by atoms with E-state index in [9.17, 15) is 19.7 Å². The minimum atomic E-state index is -1.17. The van der Waals surface area contributed by atoms with Crippen molar-refractivity contribution >= 4 is 46.5 Å². The van der Waals surface area contributed by atoms with Crippen molar-refractivity contribution in [3.63, 3.8) is 0 Å². The van der Waals surface area contributed by atoms with Gasteiger partial charge in [0.05, 0.1) is 4.92 Å². The minimum Gasteiger partial charge on any atom is -0.455 e. The van der Waals surface area contributed by atoms with Gasteiger partial charge in [-0.1, -0.05) is 6.07 Å². The number of hydrogen-bond acceptors (Lipinski definition) is 5. The molecule has 22 heavy (non-hydrogen) atoms. The Bertz CT molecular complexity index is 649. The normalized spacial score (nSPS) is 21.8. The average molecular weight is 347 g/mol. The van der Waals surface area contributed by atoms with Gasteiger partial charge < -0.3 is 10.1 Å². The van der Waals surface area contributed by atoms with Crippen LogP contribution in [0.25, 0.3) is 0 Å². The van der Waals surface area contributed by atoms with Crippen molar-refractivity contribution in [1.82, 2.24) is 0 Å². The molecule has 0 aliphatic heterocycles. The fraction of sp³-hybridized carbons (Fsp3) is 0.385. The number of ether oxygens (including phenoxy) is 1. The summed E-state index contributed by atoms with van der Waals surface area (Å²) >= 11 is 11.7. The van der Waals surface area contributed by atoms with Crippen LogP contribution in [0.1, 0.15) is 13.3 Å². The SMILES string of the molecule is C[C@@]1(C(=O)OCC(=O)Nc2cccc([N+](=O)[O-])c2)CC1(Cl)Cl. The van der Waals surface area contributed by atoms with Gasteiger partial charge in [0.1, 0.15) is 9.75 Å². The van der Waals surface area contributed by atoms with Crippen LogP contribution in [0.4, 0.5) is 11.4 Å². The van der Waals surface area contributed by atoms with E-state index in [0.29, 0.717) is 0 Å². The lowest BCUT2D eigenvalue weighted by molar-refractivity contribution is -0.384. The predicted octanol–water partition coefficient (Wildman–Crippen LogP) is 2.66. The maximum absolute atomic E-state index is 11.8. The zero-order valence-corrected chi connectivity index (χ0v) is 13.0. The monoisotopic (exact) mass is 346 g/mol. The van der Waals surface area contributed by atoms with Crippen molar-refractivity contribution in [1.29, 1.82) is 0 Å². The van der Waals surface area contributed by atoms with E-state index in [4.69, 9.17) is 27.9 Å². The van der Waals surface area contributed by atoms with Crippen molar-refractivity contribution in [3.8, 4) is 0 Å². The first kappa shape index (κ1) is 16.5. The number of nitrogens with one attached hydrogen (secondary N) is 1. The number of rotatable bonds is 5. The molecule has 0 unspecified atom stereocenters. The standard InChI is InChI=1S/C13H12Cl2N2O5/c1-12(7-13(12,14)15)11(19)22-6-10(18)16-8-3-2-4-9(5-8)17(20)21/h2-5H,6-7H2,1H3,(H,16,18)/t12-/m0/s1. The molecule has 1 aromatic rings. The number of alkyl halides is 2. The molecule has 0 saturated heterocycles. The summed E-state index contributed by atoms with van der Waals surface area (Å²) in [6.45, 7) is 1.02. The summed E-state index contributed by atoms with van der Waals surface area (Å²) in [5.41, 5.74) is -0.937. The predicted molar refractivity (Wildman–Crippen MR) is 79.8 cm³/mol. The second kappa shape index (κ2) is 5.73. The van der Waals surface area contributed by atoms with Gasteiger partial charge in [-0.05, 0) is 13.0 Å². The number of anilines is 1. The Hall–Kier alpha value is -1.86. The summed E-state index contributed by atoms with van der Waals surface area (Å²) in [4.78, 5) is 33.5. The second-order valence-corrected chi connectivity index (χ2v) is 6.63. The number of nitrogens with zero attached hydrogens (tertiary/aromatic N) is 1. The number of carbonyl (C=O) groups excluding carboxylic acids is 2. The summed E-state index contributed by atoms with van der Waals surface area (Å²) in [6.07, 6.45) is 0.258. The van der Waals surface area contributed by atoms with Crippen LogP contribution in [0.5, 0.6) is 0 Å². The Morgan fingerprint density at radius 2 is 2.09 bits per heavy atom. The van der Waals surface area contributed by atoms with Crippen molar-refractivity contribution in [2.24, 2.45) is 5.41 Å². The van der Waals surface area contributed by atoms with E-state index < -0.39 is 33.2 Å². The van der Waals surface area contributed by atoms with Crippen molar-refractivity contribution < 1.29 is 19.2 Å². The molecule has 7 nitrogen and oxygen atoms in total. The van der Waals surface area contributed by atoms with Crippen LogP contribution in [0, 0.1) is 15.5 Å². The molecule has 118 valence electrons.